The Hall–Kier alpha value is -2.67. The zero-order chi connectivity index (χ0) is 18.1. The second-order valence-corrected chi connectivity index (χ2v) is 8.36. The van der Waals surface area contributed by atoms with Crippen molar-refractivity contribution in [3.8, 4) is 0 Å². The van der Waals surface area contributed by atoms with Crippen LogP contribution in [0.1, 0.15) is 23.2 Å². The summed E-state index contributed by atoms with van der Waals surface area (Å²) in [6.45, 7) is 2.94. The van der Waals surface area contributed by atoms with Gasteiger partial charge < -0.3 is 0 Å². The normalized spacial score (nSPS) is 14.3. The smallest absolute Gasteiger partial charge is 0.247 e. The number of benzene rings is 2. The van der Waals surface area contributed by atoms with Gasteiger partial charge in [0, 0.05) is 6.54 Å². The molecule has 1 aromatic heterocycles. The van der Waals surface area contributed by atoms with Crippen LogP contribution >= 0.6 is 0 Å². The fourth-order valence-corrected chi connectivity index (χ4v) is 4.68. The minimum atomic E-state index is -3.63. The van der Waals surface area contributed by atoms with Crippen LogP contribution in [0.5, 0.6) is 0 Å². The summed E-state index contributed by atoms with van der Waals surface area (Å²) >= 11 is 0. The average Bonchev–Trinajstić information content (AvgIpc) is 3.06. The molecule has 7 heteroatoms. The zero-order valence-corrected chi connectivity index (χ0v) is 15.4. The Labute approximate surface area is 153 Å². The molecule has 0 N–H and O–H groups in total. The number of fused-ring (bicyclic) bond motifs is 1. The van der Waals surface area contributed by atoms with Crippen LogP contribution in [0.4, 0.5) is 5.82 Å². The van der Waals surface area contributed by atoms with E-state index in [2.05, 4.69) is 10.3 Å². The van der Waals surface area contributed by atoms with Crippen molar-refractivity contribution >= 4 is 15.8 Å². The molecule has 0 saturated heterocycles. The summed E-state index contributed by atoms with van der Waals surface area (Å²) in [6, 6.07) is 16.9. The van der Waals surface area contributed by atoms with Crippen molar-refractivity contribution in [2.45, 2.75) is 31.2 Å². The quantitative estimate of drug-likeness (QED) is 0.710. The molecule has 0 unspecified atom stereocenters. The van der Waals surface area contributed by atoms with Gasteiger partial charge in [-0.3, -0.25) is 0 Å². The highest BCUT2D eigenvalue weighted by molar-refractivity contribution is 7.92. The van der Waals surface area contributed by atoms with E-state index in [9.17, 15) is 8.42 Å². The first kappa shape index (κ1) is 16.8. The van der Waals surface area contributed by atoms with Gasteiger partial charge in [0.05, 0.1) is 17.1 Å². The van der Waals surface area contributed by atoms with Crippen LogP contribution in [0, 0.1) is 6.92 Å². The van der Waals surface area contributed by atoms with E-state index in [1.54, 1.807) is 12.1 Å². The minimum Gasteiger partial charge on any atom is -0.247 e. The molecule has 2 aromatic carbocycles. The molecule has 26 heavy (non-hydrogen) atoms. The Morgan fingerprint density at radius 3 is 2.50 bits per heavy atom. The number of hydrogen-bond acceptors (Lipinski definition) is 4. The van der Waals surface area contributed by atoms with Crippen LogP contribution < -0.4 is 4.31 Å². The van der Waals surface area contributed by atoms with E-state index in [1.165, 1.54) is 4.31 Å². The molecule has 0 saturated carbocycles. The van der Waals surface area contributed by atoms with Gasteiger partial charge in [-0.25, -0.2) is 17.4 Å². The summed E-state index contributed by atoms with van der Waals surface area (Å²) in [7, 11) is -3.63. The molecular formula is C19H20N4O2S. The average molecular weight is 368 g/mol. The molecule has 2 heterocycles. The lowest BCUT2D eigenvalue weighted by Crippen LogP contribution is -2.36. The van der Waals surface area contributed by atoms with Gasteiger partial charge in [0.1, 0.15) is 0 Å². The molecule has 3 aromatic rings. The second kappa shape index (κ2) is 6.57. The van der Waals surface area contributed by atoms with Gasteiger partial charge in [0.25, 0.3) is 10.0 Å². The predicted octanol–water partition coefficient (Wildman–Crippen LogP) is 2.78. The second-order valence-electron chi connectivity index (χ2n) is 6.50. The molecule has 0 atom stereocenters. The van der Waals surface area contributed by atoms with E-state index >= 15 is 0 Å². The third-order valence-corrected chi connectivity index (χ3v) is 6.42. The summed E-state index contributed by atoms with van der Waals surface area (Å²) < 4.78 is 29.4. The van der Waals surface area contributed by atoms with Crippen LogP contribution in [0.2, 0.25) is 0 Å². The maximum absolute atomic E-state index is 13.1. The van der Waals surface area contributed by atoms with Gasteiger partial charge in [-0.05, 0) is 37.5 Å². The number of hydrogen-bond donors (Lipinski definition) is 0. The number of sulfonamides is 1. The number of aryl methyl sites for hydroxylation is 1. The molecule has 134 valence electrons. The molecule has 0 radical (unpaired) electrons. The lowest BCUT2D eigenvalue weighted by molar-refractivity contribution is 0.580. The summed E-state index contributed by atoms with van der Waals surface area (Å²) in [5.74, 6) is 0.452. The Kier molecular flexibility index (Phi) is 4.24. The summed E-state index contributed by atoms with van der Waals surface area (Å²) in [6.07, 6.45) is 1.52. The van der Waals surface area contributed by atoms with Gasteiger partial charge in [-0.2, -0.15) is 0 Å². The van der Waals surface area contributed by atoms with Gasteiger partial charge in [-0.15, -0.1) is 5.10 Å². The van der Waals surface area contributed by atoms with Crippen LogP contribution in [-0.2, 0) is 23.0 Å². The number of aromatic nitrogens is 3. The van der Waals surface area contributed by atoms with Crippen molar-refractivity contribution in [3.05, 3.63) is 71.4 Å². The molecule has 0 amide bonds. The standard InChI is InChI=1S/C19H20N4O2S/c1-15-9-11-17(12-10-15)26(24,25)23-13-5-8-18-19(23)20-21-22(18)14-16-6-3-2-4-7-16/h2-4,6-7,9-12H,5,8,13-14H2,1H3. The third-order valence-electron chi connectivity index (χ3n) is 4.61. The SMILES string of the molecule is Cc1ccc(S(=O)(=O)N2CCCc3c2nnn3Cc2ccccc2)cc1. The lowest BCUT2D eigenvalue weighted by atomic mass is 10.1. The first-order valence-electron chi connectivity index (χ1n) is 8.61. The van der Waals surface area contributed by atoms with E-state index in [0.29, 0.717) is 18.9 Å². The molecule has 0 spiro atoms. The van der Waals surface area contributed by atoms with Crippen molar-refractivity contribution in [2.24, 2.45) is 0 Å². The Bertz CT molecular complexity index is 1010. The number of nitrogens with zero attached hydrogens (tertiary/aromatic N) is 4. The summed E-state index contributed by atoms with van der Waals surface area (Å²) in [5.41, 5.74) is 3.01. The highest BCUT2D eigenvalue weighted by Crippen LogP contribution is 2.30. The van der Waals surface area contributed by atoms with Crippen molar-refractivity contribution in [1.82, 2.24) is 15.0 Å². The first-order valence-corrected chi connectivity index (χ1v) is 10.1. The maximum Gasteiger partial charge on any atom is 0.265 e. The molecule has 6 nitrogen and oxygen atoms in total. The molecule has 0 fully saturated rings. The van der Waals surface area contributed by atoms with E-state index in [0.717, 1.165) is 29.7 Å². The van der Waals surface area contributed by atoms with Gasteiger partial charge in [-0.1, -0.05) is 53.2 Å². The molecule has 1 aliphatic rings. The van der Waals surface area contributed by atoms with Crippen LogP contribution in [0.25, 0.3) is 0 Å². The lowest BCUT2D eigenvalue weighted by Gasteiger charge is -2.26. The highest BCUT2D eigenvalue weighted by Gasteiger charge is 2.33. The fourth-order valence-electron chi connectivity index (χ4n) is 3.21. The van der Waals surface area contributed by atoms with E-state index < -0.39 is 10.0 Å². The van der Waals surface area contributed by atoms with Crippen LogP contribution in [0.15, 0.2) is 59.5 Å². The van der Waals surface area contributed by atoms with Gasteiger partial charge >= 0.3 is 0 Å². The largest absolute Gasteiger partial charge is 0.265 e. The maximum atomic E-state index is 13.1. The predicted molar refractivity (Wildman–Crippen MR) is 99.6 cm³/mol. The van der Waals surface area contributed by atoms with Gasteiger partial charge in [0.2, 0.25) is 0 Å². The van der Waals surface area contributed by atoms with E-state index in [1.807, 2.05) is 54.1 Å². The summed E-state index contributed by atoms with van der Waals surface area (Å²) in [4.78, 5) is 0.286. The van der Waals surface area contributed by atoms with Crippen molar-refractivity contribution in [2.75, 3.05) is 10.8 Å². The molecule has 1 aliphatic heterocycles. The van der Waals surface area contributed by atoms with Crippen LogP contribution in [-0.4, -0.2) is 30.0 Å². The van der Waals surface area contributed by atoms with Crippen molar-refractivity contribution in [1.29, 1.82) is 0 Å². The minimum absolute atomic E-state index is 0.286. The monoisotopic (exact) mass is 368 g/mol. The Morgan fingerprint density at radius 1 is 1.04 bits per heavy atom. The fraction of sp³-hybridized carbons (Fsp3) is 0.263. The summed E-state index contributed by atoms with van der Waals surface area (Å²) in [5, 5.41) is 8.43. The van der Waals surface area contributed by atoms with E-state index in [4.69, 9.17) is 0 Å². The molecule has 4 rings (SSSR count). The Morgan fingerprint density at radius 2 is 1.77 bits per heavy atom. The van der Waals surface area contributed by atoms with Crippen molar-refractivity contribution in [3.63, 3.8) is 0 Å². The molecule has 0 aliphatic carbocycles. The Balaban J connectivity index is 1.69. The highest BCUT2D eigenvalue weighted by atomic mass is 32.2. The zero-order valence-electron chi connectivity index (χ0n) is 14.5. The first-order chi connectivity index (χ1) is 12.6. The van der Waals surface area contributed by atoms with Crippen LogP contribution in [0.3, 0.4) is 0 Å². The molecular weight excluding hydrogens is 348 g/mol. The number of anilines is 1. The number of rotatable bonds is 4. The third kappa shape index (κ3) is 2.99. The van der Waals surface area contributed by atoms with Crippen molar-refractivity contribution < 1.29 is 8.42 Å². The van der Waals surface area contributed by atoms with E-state index in [-0.39, 0.29) is 4.90 Å². The topological polar surface area (TPSA) is 68.1 Å². The van der Waals surface area contributed by atoms with Gasteiger partial charge in [0.15, 0.2) is 5.82 Å². The molecule has 0 bridgehead atoms.